The van der Waals surface area contributed by atoms with Gasteiger partial charge in [-0.05, 0) is 45.6 Å². The lowest BCUT2D eigenvalue weighted by atomic mass is 9.95. The molecule has 3 rings (SSSR count). The van der Waals surface area contributed by atoms with E-state index >= 15 is 0 Å². The van der Waals surface area contributed by atoms with E-state index < -0.39 is 12.0 Å². The highest BCUT2D eigenvalue weighted by atomic mass is 16.4. The Labute approximate surface area is 137 Å². The zero-order valence-electron chi connectivity index (χ0n) is 14.0. The summed E-state index contributed by atoms with van der Waals surface area (Å²) in [6.07, 6.45) is 7.47. The van der Waals surface area contributed by atoms with Gasteiger partial charge in [0.2, 0.25) is 0 Å². The summed E-state index contributed by atoms with van der Waals surface area (Å²) in [6.45, 7) is 4.60. The van der Waals surface area contributed by atoms with Crippen LogP contribution in [0.5, 0.6) is 0 Å². The summed E-state index contributed by atoms with van der Waals surface area (Å²) in [4.78, 5) is 25.8. The number of aromatic nitrogens is 1. The van der Waals surface area contributed by atoms with Crippen molar-refractivity contribution in [1.29, 1.82) is 0 Å². The molecule has 1 aliphatic carbocycles. The molecular formula is C18H26N2O3. The van der Waals surface area contributed by atoms with Gasteiger partial charge in [0.15, 0.2) is 0 Å². The van der Waals surface area contributed by atoms with Gasteiger partial charge in [-0.15, -0.1) is 0 Å². The first-order valence-corrected chi connectivity index (χ1v) is 8.73. The lowest BCUT2D eigenvalue weighted by molar-refractivity contribution is -0.141. The molecule has 1 saturated carbocycles. The number of carbonyl (C=O) groups excluding carboxylic acids is 1. The Hall–Kier alpha value is -1.78. The summed E-state index contributed by atoms with van der Waals surface area (Å²) in [7, 11) is 0. The minimum atomic E-state index is -0.892. The molecule has 1 unspecified atom stereocenters. The van der Waals surface area contributed by atoms with Gasteiger partial charge in [0.25, 0.3) is 5.91 Å². The van der Waals surface area contributed by atoms with E-state index in [1.54, 1.807) is 0 Å². The van der Waals surface area contributed by atoms with Crippen molar-refractivity contribution in [3.05, 3.63) is 23.0 Å². The largest absolute Gasteiger partial charge is 0.480 e. The van der Waals surface area contributed by atoms with Crippen molar-refractivity contribution in [2.75, 3.05) is 6.54 Å². The van der Waals surface area contributed by atoms with Crippen molar-refractivity contribution in [2.24, 2.45) is 0 Å². The molecule has 1 amide bonds. The number of carboxylic acids is 1. The topological polar surface area (TPSA) is 62.5 Å². The first-order valence-electron chi connectivity index (χ1n) is 8.73. The first kappa shape index (κ1) is 16.1. The molecule has 0 aromatic carbocycles. The molecule has 1 aromatic heterocycles. The SMILES string of the molecule is Cc1cc(C(=O)N2CCCC2C(=O)O)c(C)n1C1CCCCC1. The number of amides is 1. The second kappa shape index (κ2) is 6.38. The van der Waals surface area contributed by atoms with E-state index in [1.807, 2.05) is 13.0 Å². The zero-order valence-corrected chi connectivity index (χ0v) is 14.0. The predicted octanol–water partition coefficient (Wildman–Crippen LogP) is 3.30. The number of carboxylic acid groups (broad SMARTS) is 1. The molecule has 126 valence electrons. The molecule has 1 N–H and O–H groups in total. The van der Waals surface area contributed by atoms with Crippen molar-refractivity contribution in [3.63, 3.8) is 0 Å². The van der Waals surface area contributed by atoms with Crippen molar-refractivity contribution in [1.82, 2.24) is 9.47 Å². The van der Waals surface area contributed by atoms with E-state index in [-0.39, 0.29) is 5.91 Å². The van der Waals surface area contributed by atoms with Crippen LogP contribution < -0.4 is 0 Å². The molecule has 1 aliphatic heterocycles. The van der Waals surface area contributed by atoms with E-state index in [2.05, 4.69) is 11.5 Å². The highest BCUT2D eigenvalue weighted by molar-refractivity contribution is 5.98. The molecule has 1 atom stereocenters. The summed E-state index contributed by atoms with van der Waals surface area (Å²) in [6, 6.07) is 1.77. The van der Waals surface area contributed by atoms with Crippen LogP contribution in [0.2, 0.25) is 0 Å². The third-order valence-electron chi connectivity index (χ3n) is 5.45. The molecule has 5 nitrogen and oxygen atoms in total. The summed E-state index contributed by atoms with van der Waals surface area (Å²) in [5, 5.41) is 9.31. The number of rotatable bonds is 3. The summed E-state index contributed by atoms with van der Waals surface area (Å²) in [5.74, 6) is -1.01. The van der Waals surface area contributed by atoms with Gasteiger partial charge in [0.05, 0.1) is 5.56 Å². The van der Waals surface area contributed by atoms with Gasteiger partial charge in [0, 0.05) is 24.0 Å². The van der Waals surface area contributed by atoms with Crippen LogP contribution >= 0.6 is 0 Å². The van der Waals surface area contributed by atoms with Crippen LogP contribution in [-0.4, -0.2) is 39.0 Å². The summed E-state index contributed by atoms with van der Waals surface area (Å²) in [5.41, 5.74) is 2.79. The van der Waals surface area contributed by atoms with Crippen LogP contribution in [0.15, 0.2) is 6.07 Å². The van der Waals surface area contributed by atoms with Gasteiger partial charge in [0.1, 0.15) is 6.04 Å². The maximum Gasteiger partial charge on any atom is 0.326 e. The number of hydrogen-bond donors (Lipinski definition) is 1. The molecule has 0 bridgehead atoms. The lowest BCUT2D eigenvalue weighted by Crippen LogP contribution is -2.40. The molecule has 2 fully saturated rings. The highest BCUT2D eigenvalue weighted by Crippen LogP contribution is 2.33. The number of hydrogen-bond acceptors (Lipinski definition) is 2. The molecule has 5 heteroatoms. The Morgan fingerprint density at radius 2 is 1.78 bits per heavy atom. The number of nitrogens with zero attached hydrogens (tertiary/aromatic N) is 2. The maximum atomic E-state index is 12.9. The predicted molar refractivity (Wildman–Crippen MR) is 87.7 cm³/mol. The Kier molecular flexibility index (Phi) is 4.46. The quantitative estimate of drug-likeness (QED) is 0.930. The maximum absolute atomic E-state index is 12.9. The molecular weight excluding hydrogens is 292 g/mol. The number of carbonyl (C=O) groups is 2. The second-order valence-corrected chi connectivity index (χ2v) is 6.94. The Morgan fingerprint density at radius 1 is 1.09 bits per heavy atom. The van der Waals surface area contributed by atoms with Crippen LogP contribution in [-0.2, 0) is 4.79 Å². The Morgan fingerprint density at radius 3 is 2.43 bits per heavy atom. The first-order chi connectivity index (χ1) is 11.0. The van der Waals surface area contributed by atoms with Crippen LogP contribution in [0.3, 0.4) is 0 Å². The standard InChI is InChI=1S/C18H26N2O3/c1-12-11-15(13(2)20(12)14-7-4-3-5-8-14)17(21)19-10-6-9-16(19)18(22)23/h11,14,16H,3-10H2,1-2H3,(H,22,23). The van der Waals surface area contributed by atoms with Crippen molar-refractivity contribution < 1.29 is 14.7 Å². The lowest BCUT2D eigenvalue weighted by Gasteiger charge is -2.27. The molecule has 1 aromatic rings. The van der Waals surface area contributed by atoms with E-state index in [4.69, 9.17) is 0 Å². The number of aryl methyl sites for hydroxylation is 1. The normalized spacial score (nSPS) is 22.5. The molecule has 2 aliphatic rings. The molecule has 2 heterocycles. The minimum absolute atomic E-state index is 0.120. The van der Waals surface area contributed by atoms with E-state index in [0.717, 1.165) is 17.8 Å². The van der Waals surface area contributed by atoms with Gasteiger partial charge >= 0.3 is 5.97 Å². The van der Waals surface area contributed by atoms with Gasteiger partial charge in [-0.25, -0.2) is 4.79 Å². The number of likely N-dealkylation sites (tertiary alicyclic amines) is 1. The average molecular weight is 318 g/mol. The third-order valence-corrected chi connectivity index (χ3v) is 5.45. The smallest absolute Gasteiger partial charge is 0.326 e. The fourth-order valence-corrected chi connectivity index (χ4v) is 4.32. The van der Waals surface area contributed by atoms with Crippen molar-refractivity contribution in [2.45, 2.75) is 70.9 Å². The average Bonchev–Trinajstić information content (AvgIpc) is 3.12. The monoisotopic (exact) mass is 318 g/mol. The van der Waals surface area contributed by atoms with Gasteiger partial charge in [-0.2, -0.15) is 0 Å². The van der Waals surface area contributed by atoms with Crippen molar-refractivity contribution >= 4 is 11.9 Å². The van der Waals surface area contributed by atoms with Crippen LogP contribution in [0.25, 0.3) is 0 Å². The minimum Gasteiger partial charge on any atom is -0.480 e. The fraction of sp³-hybridized carbons (Fsp3) is 0.667. The third kappa shape index (κ3) is 2.89. The van der Waals surface area contributed by atoms with E-state index in [9.17, 15) is 14.7 Å². The van der Waals surface area contributed by atoms with Gasteiger partial charge in [-0.1, -0.05) is 19.3 Å². The summed E-state index contributed by atoms with van der Waals surface area (Å²) >= 11 is 0. The Bertz CT molecular complexity index is 614. The number of aliphatic carboxylic acids is 1. The van der Waals surface area contributed by atoms with Crippen LogP contribution in [0.4, 0.5) is 0 Å². The fourth-order valence-electron chi connectivity index (χ4n) is 4.32. The van der Waals surface area contributed by atoms with E-state index in [1.165, 1.54) is 37.0 Å². The van der Waals surface area contributed by atoms with E-state index in [0.29, 0.717) is 24.6 Å². The highest BCUT2D eigenvalue weighted by Gasteiger charge is 2.36. The molecule has 23 heavy (non-hydrogen) atoms. The second-order valence-electron chi connectivity index (χ2n) is 6.94. The van der Waals surface area contributed by atoms with Crippen LogP contribution in [0, 0.1) is 13.8 Å². The molecule has 1 saturated heterocycles. The zero-order chi connectivity index (χ0) is 16.6. The molecule has 0 radical (unpaired) electrons. The molecule has 0 spiro atoms. The Balaban J connectivity index is 1.88. The van der Waals surface area contributed by atoms with Gasteiger partial charge < -0.3 is 14.6 Å². The summed E-state index contributed by atoms with van der Waals surface area (Å²) < 4.78 is 2.30. The van der Waals surface area contributed by atoms with Gasteiger partial charge in [-0.3, -0.25) is 4.79 Å². The van der Waals surface area contributed by atoms with Crippen LogP contribution in [0.1, 0.15) is 72.7 Å². The van der Waals surface area contributed by atoms with Crippen molar-refractivity contribution in [3.8, 4) is 0 Å².